The van der Waals surface area contributed by atoms with Crippen LogP contribution in [-0.4, -0.2) is 42.7 Å². The number of amides is 1. The standard InChI is InChI=1S/C25H24N4O4S/c1-15(2)12-26-25-29(28-16(3)17-4-7-22-23(11-17)32-9-8-31-22)20(14-34-25)18-5-6-21-19(10-18)27-24(30)13-33-21/h4-7,10-11,14H,1,8-9,12-13H2,2-3H3,(H,27,30). The molecule has 2 aromatic carbocycles. The molecular weight excluding hydrogens is 452 g/mol. The van der Waals surface area contributed by atoms with Gasteiger partial charge in [-0.15, -0.1) is 11.3 Å². The van der Waals surface area contributed by atoms with E-state index in [1.165, 1.54) is 11.3 Å². The first-order chi connectivity index (χ1) is 16.5. The van der Waals surface area contributed by atoms with E-state index in [4.69, 9.17) is 24.3 Å². The average molecular weight is 477 g/mol. The first-order valence-electron chi connectivity index (χ1n) is 10.9. The molecule has 8 nitrogen and oxygen atoms in total. The number of carbonyl (C=O) groups excluding carboxylic acids is 1. The van der Waals surface area contributed by atoms with E-state index >= 15 is 0 Å². The van der Waals surface area contributed by atoms with Crippen LogP contribution < -0.4 is 24.3 Å². The van der Waals surface area contributed by atoms with Crippen molar-refractivity contribution in [3.05, 3.63) is 64.3 Å². The first kappa shape index (κ1) is 22.0. The number of anilines is 1. The largest absolute Gasteiger partial charge is 0.486 e. The Labute approximate surface area is 200 Å². The molecule has 34 heavy (non-hydrogen) atoms. The Balaban J connectivity index is 1.59. The molecular formula is C25H24N4O4S. The van der Waals surface area contributed by atoms with Gasteiger partial charge in [-0.25, -0.2) is 4.68 Å². The summed E-state index contributed by atoms with van der Waals surface area (Å²) in [4.78, 5) is 17.2. The first-order valence-corrected chi connectivity index (χ1v) is 11.7. The van der Waals surface area contributed by atoms with Crippen LogP contribution >= 0.6 is 11.3 Å². The Morgan fingerprint density at radius 2 is 1.88 bits per heavy atom. The summed E-state index contributed by atoms with van der Waals surface area (Å²) in [5, 5.41) is 9.80. The van der Waals surface area contributed by atoms with Gasteiger partial charge >= 0.3 is 0 Å². The van der Waals surface area contributed by atoms with E-state index in [9.17, 15) is 4.79 Å². The monoisotopic (exact) mass is 476 g/mol. The zero-order valence-electron chi connectivity index (χ0n) is 19.0. The lowest BCUT2D eigenvalue weighted by Crippen LogP contribution is -2.25. The second-order valence-electron chi connectivity index (χ2n) is 8.08. The molecule has 1 amide bonds. The van der Waals surface area contributed by atoms with E-state index in [0.717, 1.165) is 38.7 Å². The SMILES string of the molecule is C=C(C)CN=c1scc(-c2ccc3c(c2)NC(=O)CO3)n1N=C(C)c1ccc2c(c1)OCCO2. The van der Waals surface area contributed by atoms with Gasteiger partial charge in [-0.05, 0) is 50.2 Å². The van der Waals surface area contributed by atoms with Crippen molar-refractivity contribution < 1.29 is 19.0 Å². The summed E-state index contributed by atoms with van der Waals surface area (Å²) in [6.07, 6.45) is 0. The second kappa shape index (κ2) is 9.18. The van der Waals surface area contributed by atoms with Gasteiger partial charge < -0.3 is 19.5 Å². The summed E-state index contributed by atoms with van der Waals surface area (Å²) in [6, 6.07) is 11.5. The van der Waals surface area contributed by atoms with Crippen LogP contribution in [0.5, 0.6) is 17.2 Å². The highest BCUT2D eigenvalue weighted by Crippen LogP contribution is 2.33. The Morgan fingerprint density at radius 3 is 2.71 bits per heavy atom. The molecule has 174 valence electrons. The molecule has 0 atom stereocenters. The molecule has 0 aliphatic carbocycles. The highest BCUT2D eigenvalue weighted by atomic mass is 32.1. The van der Waals surface area contributed by atoms with Gasteiger partial charge in [0, 0.05) is 16.5 Å². The predicted octanol–water partition coefficient (Wildman–Crippen LogP) is 4.07. The average Bonchev–Trinajstić information content (AvgIpc) is 3.24. The lowest BCUT2D eigenvalue weighted by molar-refractivity contribution is -0.118. The quantitative estimate of drug-likeness (QED) is 0.444. The molecule has 0 bridgehead atoms. The molecule has 0 fully saturated rings. The number of carbonyl (C=O) groups is 1. The third-order valence-corrected chi connectivity index (χ3v) is 6.14. The maximum absolute atomic E-state index is 11.8. The van der Waals surface area contributed by atoms with Crippen LogP contribution in [0.4, 0.5) is 5.69 Å². The van der Waals surface area contributed by atoms with Gasteiger partial charge in [0.2, 0.25) is 4.80 Å². The number of nitrogens with one attached hydrogen (secondary N) is 1. The Hall–Kier alpha value is -3.85. The lowest BCUT2D eigenvalue weighted by Gasteiger charge is -2.19. The number of aromatic nitrogens is 1. The van der Waals surface area contributed by atoms with Gasteiger partial charge in [0.05, 0.1) is 23.6 Å². The van der Waals surface area contributed by atoms with Crippen LogP contribution in [0.3, 0.4) is 0 Å². The van der Waals surface area contributed by atoms with E-state index < -0.39 is 0 Å². The summed E-state index contributed by atoms with van der Waals surface area (Å²) < 4.78 is 18.7. The van der Waals surface area contributed by atoms with Crippen LogP contribution in [0.1, 0.15) is 19.4 Å². The van der Waals surface area contributed by atoms with Crippen molar-refractivity contribution in [2.45, 2.75) is 13.8 Å². The summed E-state index contributed by atoms with van der Waals surface area (Å²) in [7, 11) is 0. The molecule has 2 aliphatic rings. The molecule has 3 heterocycles. The number of ether oxygens (including phenoxy) is 3. The molecule has 2 aliphatic heterocycles. The molecule has 0 unspecified atom stereocenters. The molecule has 1 aromatic heterocycles. The fraction of sp³-hybridized carbons (Fsp3) is 0.240. The molecule has 9 heteroatoms. The van der Waals surface area contributed by atoms with Crippen molar-refractivity contribution in [2.75, 3.05) is 31.7 Å². The second-order valence-corrected chi connectivity index (χ2v) is 8.92. The van der Waals surface area contributed by atoms with Gasteiger partial charge in [0.1, 0.15) is 19.0 Å². The lowest BCUT2D eigenvalue weighted by atomic mass is 10.1. The van der Waals surface area contributed by atoms with E-state index in [0.29, 0.717) is 36.9 Å². The number of fused-ring (bicyclic) bond motifs is 2. The Bertz CT molecular complexity index is 1390. The number of rotatable bonds is 5. The van der Waals surface area contributed by atoms with Crippen molar-refractivity contribution in [1.29, 1.82) is 0 Å². The highest BCUT2D eigenvalue weighted by molar-refractivity contribution is 7.07. The highest BCUT2D eigenvalue weighted by Gasteiger charge is 2.18. The summed E-state index contributed by atoms with van der Waals surface area (Å²) in [6.45, 7) is 9.45. The minimum absolute atomic E-state index is 0.0216. The Morgan fingerprint density at radius 1 is 1.09 bits per heavy atom. The molecule has 0 radical (unpaired) electrons. The van der Waals surface area contributed by atoms with Gasteiger partial charge in [-0.1, -0.05) is 12.2 Å². The van der Waals surface area contributed by atoms with Gasteiger partial charge in [0.25, 0.3) is 5.91 Å². The van der Waals surface area contributed by atoms with Gasteiger partial charge in [0.15, 0.2) is 18.1 Å². The van der Waals surface area contributed by atoms with E-state index in [1.807, 2.05) is 60.3 Å². The minimum atomic E-state index is -0.174. The third kappa shape index (κ3) is 4.47. The summed E-state index contributed by atoms with van der Waals surface area (Å²) in [5.41, 5.74) is 5.05. The van der Waals surface area contributed by atoms with Crippen LogP contribution in [0, 0.1) is 0 Å². The van der Waals surface area contributed by atoms with Gasteiger partial charge in [-0.3, -0.25) is 9.79 Å². The molecule has 1 N–H and O–H groups in total. The Kier molecular flexibility index (Phi) is 5.93. The number of hydrogen-bond donors (Lipinski definition) is 1. The minimum Gasteiger partial charge on any atom is -0.486 e. The van der Waals surface area contributed by atoms with Gasteiger partial charge in [-0.2, -0.15) is 5.10 Å². The molecule has 0 saturated heterocycles. The van der Waals surface area contributed by atoms with E-state index in [1.54, 1.807) is 0 Å². The third-order valence-electron chi connectivity index (χ3n) is 5.29. The maximum Gasteiger partial charge on any atom is 0.262 e. The fourth-order valence-electron chi connectivity index (χ4n) is 3.62. The topological polar surface area (TPSA) is 86.4 Å². The normalized spacial score (nSPS) is 15.4. The van der Waals surface area contributed by atoms with Crippen LogP contribution in [0.2, 0.25) is 0 Å². The smallest absolute Gasteiger partial charge is 0.262 e. The molecule has 0 spiro atoms. The van der Waals surface area contributed by atoms with Crippen molar-refractivity contribution in [3.8, 4) is 28.5 Å². The van der Waals surface area contributed by atoms with Crippen LogP contribution in [0.25, 0.3) is 11.3 Å². The predicted molar refractivity (Wildman–Crippen MR) is 132 cm³/mol. The zero-order valence-corrected chi connectivity index (χ0v) is 19.8. The molecule has 5 rings (SSSR count). The molecule has 3 aromatic rings. The van der Waals surface area contributed by atoms with Crippen LogP contribution in [-0.2, 0) is 4.79 Å². The maximum atomic E-state index is 11.8. The number of hydrogen-bond acceptors (Lipinski definition) is 7. The van der Waals surface area contributed by atoms with Crippen molar-refractivity contribution in [2.24, 2.45) is 10.1 Å². The van der Waals surface area contributed by atoms with Crippen molar-refractivity contribution in [3.63, 3.8) is 0 Å². The van der Waals surface area contributed by atoms with Crippen molar-refractivity contribution in [1.82, 2.24) is 4.68 Å². The summed E-state index contributed by atoms with van der Waals surface area (Å²) in [5.74, 6) is 1.93. The number of nitrogens with zero attached hydrogens (tertiary/aromatic N) is 3. The fourth-order valence-corrected chi connectivity index (χ4v) is 4.45. The van der Waals surface area contributed by atoms with E-state index in [2.05, 4.69) is 11.9 Å². The molecule has 0 saturated carbocycles. The van der Waals surface area contributed by atoms with Crippen molar-refractivity contribution >= 4 is 28.6 Å². The number of benzene rings is 2. The van der Waals surface area contributed by atoms with Crippen LogP contribution in [0.15, 0.2) is 64.0 Å². The summed E-state index contributed by atoms with van der Waals surface area (Å²) >= 11 is 1.50. The zero-order chi connectivity index (χ0) is 23.7. The van der Waals surface area contributed by atoms with E-state index in [-0.39, 0.29) is 12.5 Å². The number of thiazole rings is 1.